The van der Waals surface area contributed by atoms with Crippen molar-refractivity contribution >= 4 is 28.4 Å². The lowest BCUT2D eigenvalue weighted by Gasteiger charge is -2.32. The van der Waals surface area contributed by atoms with Crippen LogP contribution in [-0.2, 0) is 13.6 Å². The number of nitrogens with two attached hydrogens (primary N) is 1. The van der Waals surface area contributed by atoms with Crippen molar-refractivity contribution in [2.75, 3.05) is 44.3 Å². The molecule has 1 fully saturated rings. The van der Waals surface area contributed by atoms with Gasteiger partial charge in [-0.15, -0.1) is 0 Å². The number of hydrogen-bond acceptors (Lipinski definition) is 8. The number of anilines is 2. The van der Waals surface area contributed by atoms with Gasteiger partial charge in [-0.05, 0) is 86.1 Å². The van der Waals surface area contributed by atoms with E-state index >= 15 is 0 Å². The van der Waals surface area contributed by atoms with Crippen LogP contribution in [-0.4, -0.2) is 68.5 Å². The molecule has 0 unspecified atom stereocenters. The summed E-state index contributed by atoms with van der Waals surface area (Å²) in [6, 6.07) is 18.9. The van der Waals surface area contributed by atoms with Crippen LogP contribution in [0.15, 0.2) is 67.0 Å². The summed E-state index contributed by atoms with van der Waals surface area (Å²) in [5, 5.41) is 3.07. The number of ether oxygens (including phenoxy) is 1. The van der Waals surface area contributed by atoms with Gasteiger partial charge in [0.2, 0.25) is 0 Å². The maximum Gasteiger partial charge on any atom is 0.256 e. The topological polar surface area (TPSA) is 114 Å². The third kappa shape index (κ3) is 6.20. The van der Waals surface area contributed by atoms with Gasteiger partial charge in [0.15, 0.2) is 17.0 Å². The molecule has 1 saturated heterocycles. The molecule has 1 aliphatic rings. The Bertz CT molecular complexity index is 1790. The maximum absolute atomic E-state index is 13.4. The number of carbonyl (C=O) groups is 1. The van der Waals surface area contributed by atoms with E-state index in [-0.39, 0.29) is 5.91 Å². The Balaban J connectivity index is 1.22. The zero-order chi connectivity index (χ0) is 30.1. The zero-order valence-corrected chi connectivity index (χ0v) is 25.0. The molecule has 10 heteroatoms. The van der Waals surface area contributed by atoms with Gasteiger partial charge in [-0.2, -0.15) is 4.98 Å². The summed E-state index contributed by atoms with van der Waals surface area (Å²) >= 11 is 0. The first-order chi connectivity index (χ1) is 20.7. The first kappa shape index (κ1) is 28.3. The highest BCUT2D eigenvalue weighted by atomic mass is 16.5. The predicted molar refractivity (Wildman–Crippen MR) is 169 cm³/mol. The minimum atomic E-state index is -0.206. The molecule has 0 aliphatic carbocycles. The van der Waals surface area contributed by atoms with Crippen LogP contribution in [0, 0.1) is 13.8 Å². The number of aryl methyl sites for hydroxylation is 3. The number of nitrogen functional groups attached to an aromatic ring is 1. The molecule has 2 aromatic heterocycles. The van der Waals surface area contributed by atoms with Crippen molar-refractivity contribution in [3.05, 3.63) is 89.2 Å². The molecule has 5 aromatic rings. The molecule has 0 radical (unpaired) electrons. The summed E-state index contributed by atoms with van der Waals surface area (Å²) < 4.78 is 8.08. The second-order valence-electron chi connectivity index (χ2n) is 11.3. The summed E-state index contributed by atoms with van der Waals surface area (Å²) in [5.74, 6) is 1.06. The van der Waals surface area contributed by atoms with Crippen molar-refractivity contribution in [1.29, 1.82) is 0 Å². The van der Waals surface area contributed by atoms with Crippen molar-refractivity contribution in [1.82, 2.24) is 29.3 Å². The van der Waals surface area contributed by atoms with Crippen LogP contribution in [0.1, 0.15) is 27.0 Å². The number of nitrogens with one attached hydrogen (secondary N) is 1. The lowest BCUT2D eigenvalue weighted by Crippen LogP contribution is -2.43. The van der Waals surface area contributed by atoms with E-state index < -0.39 is 0 Å². The molecular weight excluding hydrogens is 540 g/mol. The zero-order valence-electron chi connectivity index (χ0n) is 25.0. The number of likely N-dealkylation sites (N-methyl/N-ethyl adjacent to an activating group) is 1. The summed E-state index contributed by atoms with van der Waals surface area (Å²) in [6.07, 6.45) is 1.67. The molecule has 3 heterocycles. The Hall–Kier alpha value is -4.80. The van der Waals surface area contributed by atoms with Crippen molar-refractivity contribution in [2.24, 2.45) is 7.05 Å². The van der Waals surface area contributed by atoms with Crippen LogP contribution in [0.2, 0.25) is 0 Å². The number of piperazine rings is 1. The second kappa shape index (κ2) is 11.8. The quantitative estimate of drug-likeness (QED) is 0.260. The minimum absolute atomic E-state index is 0.206. The SMILES string of the molecule is Cc1cc(NC(=O)c2cc(Oc3nc(-c4ccc(N)cc4)nc4c3ncn4C)ccc2C)ccc1CN1CCN(C)CC1. The van der Waals surface area contributed by atoms with E-state index in [9.17, 15) is 4.79 Å². The van der Waals surface area contributed by atoms with Gasteiger partial charge >= 0.3 is 0 Å². The van der Waals surface area contributed by atoms with Gasteiger partial charge in [0.05, 0.1) is 6.33 Å². The normalized spacial score (nSPS) is 14.2. The molecule has 0 atom stereocenters. The Morgan fingerprint density at radius 2 is 1.70 bits per heavy atom. The van der Waals surface area contributed by atoms with E-state index in [1.807, 2.05) is 54.9 Å². The molecule has 1 aliphatic heterocycles. The van der Waals surface area contributed by atoms with E-state index in [1.54, 1.807) is 24.5 Å². The maximum atomic E-state index is 13.4. The van der Waals surface area contributed by atoms with Crippen molar-refractivity contribution < 1.29 is 9.53 Å². The third-order valence-electron chi connectivity index (χ3n) is 7.96. The largest absolute Gasteiger partial charge is 0.437 e. The number of aromatic nitrogens is 4. The molecule has 220 valence electrons. The molecule has 1 amide bonds. The van der Waals surface area contributed by atoms with E-state index in [2.05, 4.69) is 45.1 Å². The van der Waals surface area contributed by atoms with Gasteiger partial charge in [-0.1, -0.05) is 12.1 Å². The lowest BCUT2D eigenvalue weighted by molar-refractivity contribution is 0.102. The van der Waals surface area contributed by atoms with Crippen LogP contribution >= 0.6 is 0 Å². The van der Waals surface area contributed by atoms with E-state index in [0.29, 0.717) is 39.9 Å². The number of amides is 1. The Kier molecular flexibility index (Phi) is 7.79. The molecule has 3 aromatic carbocycles. The predicted octanol–water partition coefficient (Wildman–Crippen LogP) is 5.02. The van der Waals surface area contributed by atoms with Gasteiger partial charge in [0.25, 0.3) is 11.8 Å². The highest BCUT2D eigenvalue weighted by Crippen LogP contribution is 2.31. The first-order valence-corrected chi connectivity index (χ1v) is 14.4. The number of rotatable bonds is 7. The standard InChI is InChI=1S/C33H36N8O2/c1-21-5-12-27(43-33-29-31(40(4)20-35-29)37-30(38-33)23-6-9-25(34)10-7-23)18-28(21)32(42)36-26-11-8-24(22(2)17-26)19-41-15-13-39(3)14-16-41/h5-12,17-18,20H,13-16,19,34H2,1-4H3,(H,36,42). The number of fused-ring (bicyclic) bond motifs is 1. The third-order valence-corrected chi connectivity index (χ3v) is 7.96. The minimum Gasteiger partial charge on any atom is -0.437 e. The van der Waals surface area contributed by atoms with E-state index in [4.69, 9.17) is 15.5 Å². The summed E-state index contributed by atoms with van der Waals surface area (Å²) in [5.41, 5.74) is 13.0. The summed E-state index contributed by atoms with van der Waals surface area (Å²) in [7, 11) is 4.03. The van der Waals surface area contributed by atoms with Gasteiger partial charge in [-0.25, -0.2) is 9.97 Å². The van der Waals surface area contributed by atoms with Crippen LogP contribution in [0.4, 0.5) is 11.4 Å². The monoisotopic (exact) mass is 576 g/mol. The molecular formula is C33H36N8O2. The van der Waals surface area contributed by atoms with E-state index in [0.717, 1.165) is 55.1 Å². The molecule has 43 heavy (non-hydrogen) atoms. The molecule has 0 bridgehead atoms. The van der Waals surface area contributed by atoms with Crippen LogP contribution in [0.3, 0.4) is 0 Å². The fourth-order valence-corrected chi connectivity index (χ4v) is 5.23. The molecule has 0 saturated carbocycles. The van der Waals surface area contributed by atoms with Gasteiger partial charge in [0, 0.05) is 62.3 Å². The number of imidazole rings is 1. The average Bonchev–Trinajstić information content (AvgIpc) is 3.37. The van der Waals surface area contributed by atoms with Crippen LogP contribution in [0.25, 0.3) is 22.6 Å². The Morgan fingerprint density at radius 1 is 0.930 bits per heavy atom. The van der Waals surface area contributed by atoms with Crippen LogP contribution in [0.5, 0.6) is 11.6 Å². The Labute approximate surface area is 251 Å². The summed E-state index contributed by atoms with van der Waals surface area (Å²) in [6.45, 7) is 9.22. The van der Waals surface area contributed by atoms with Crippen molar-refractivity contribution in [3.8, 4) is 23.0 Å². The Morgan fingerprint density at radius 3 is 2.44 bits per heavy atom. The number of nitrogens with zero attached hydrogens (tertiary/aromatic N) is 6. The fourth-order valence-electron chi connectivity index (χ4n) is 5.23. The number of carbonyl (C=O) groups excluding carboxylic acids is 1. The number of hydrogen-bond donors (Lipinski definition) is 2. The van der Waals surface area contributed by atoms with Crippen LogP contribution < -0.4 is 15.8 Å². The molecule has 10 nitrogen and oxygen atoms in total. The van der Waals surface area contributed by atoms with Gasteiger partial charge in [-0.3, -0.25) is 9.69 Å². The van der Waals surface area contributed by atoms with Gasteiger partial charge in [0.1, 0.15) is 5.75 Å². The molecule has 3 N–H and O–H groups in total. The lowest BCUT2D eigenvalue weighted by atomic mass is 10.1. The number of benzene rings is 3. The van der Waals surface area contributed by atoms with Crippen molar-refractivity contribution in [2.45, 2.75) is 20.4 Å². The van der Waals surface area contributed by atoms with Gasteiger partial charge < -0.3 is 25.3 Å². The second-order valence-corrected chi connectivity index (χ2v) is 11.3. The first-order valence-electron chi connectivity index (χ1n) is 14.4. The molecule has 0 spiro atoms. The van der Waals surface area contributed by atoms with Crippen molar-refractivity contribution in [3.63, 3.8) is 0 Å². The summed E-state index contributed by atoms with van der Waals surface area (Å²) in [4.78, 5) is 32.1. The fraction of sp³-hybridized carbons (Fsp3) is 0.273. The highest BCUT2D eigenvalue weighted by molar-refractivity contribution is 6.05. The molecule has 6 rings (SSSR count). The highest BCUT2D eigenvalue weighted by Gasteiger charge is 2.18. The van der Waals surface area contributed by atoms with E-state index in [1.165, 1.54) is 5.56 Å². The smallest absolute Gasteiger partial charge is 0.256 e. The average molecular weight is 577 g/mol.